The zero-order valence-corrected chi connectivity index (χ0v) is 15.8. The number of rotatable bonds is 2. The molecule has 23 heavy (non-hydrogen) atoms. The third-order valence-electron chi connectivity index (χ3n) is 3.83. The predicted octanol–water partition coefficient (Wildman–Crippen LogP) is 2.31. The molecule has 1 amide bonds. The van der Waals surface area contributed by atoms with Crippen molar-refractivity contribution in [3.63, 3.8) is 0 Å². The van der Waals surface area contributed by atoms with E-state index in [0.29, 0.717) is 11.3 Å². The Hall–Kier alpha value is -1.77. The van der Waals surface area contributed by atoms with Crippen molar-refractivity contribution >= 4 is 14.0 Å². The van der Waals surface area contributed by atoms with E-state index in [0.717, 1.165) is 31.7 Å². The molecule has 4 nitrogen and oxygen atoms in total. The molecule has 1 aromatic carbocycles. The van der Waals surface area contributed by atoms with E-state index in [-0.39, 0.29) is 5.91 Å². The van der Waals surface area contributed by atoms with Gasteiger partial charge in [0.15, 0.2) is 0 Å². The summed E-state index contributed by atoms with van der Waals surface area (Å²) in [4.78, 5) is 17.1. The molecule has 5 heteroatoms. The summed E-state index contributed by atoms with van der Waals surface area (Å²) in [5, 5.41) is 0. The molecule has 0 unspecified atom stereocenters. The molecule has 0 radical (unpaired) electrons. The summed E-state index contributed by atoms with van der Waals surface area (Å²) in [6.07, 6.45) is 0. The second-order valence-corrected chi connectivity index (χ2v) is 11.7. The minimum atomic E-state index is -1.53. The standard InChI is InChI=1S/C18H26N2O2Si/c1-19-10-12-20(13-11-19)18(21)16-7-6-8-17(22-2)15(16)9-14-23(3,4)5/h6-8H,10-13H2,1-5H3. The molecule has 1 fully saturated rings. The van der Waals surface area contributed by atoms with Crippen molar-refractivity contribution < 1.29 is 9.53 Å². The number of amides is 1. The highest BCUT2D eigenvalue weighted by Gasteiger charge is 2.23. The first-order valence-corrected chi connectivity index (χ1v) is 11.5. The van der Waals surface area contributed by atoms with Gasteiger partial charge >= 0.3 is 0 Å². The minimum Gasteiger partial charge on any atom is -0.495 e. The first-order chi connectivity index (χ1) is 10.8. The van der Waals surface area contributed by atoms with Gasteiger partial charge in [-0.15, -0.1) is 5.54 Å². The van der Waals surface area contributed by atoms with Gasteiger partial charge < -0.3 is 14.5 Å². The van der Waals surface area contributed by atoms with Crippen molar-refractivity contribution in [2.24, 2.45) is 0 Å². The average Bonchev–Trinajstić information content (AvgIpc) is 2.51. The summed E-state index contributed by atoms with van der Waals surface area (Å²) in [5.41, 5.74) is 4.72. The summed E-state index contributed by atoms with van der Waals surface area (Å²) < 4.78 is 5.44. The van der Waals surface area contributed by atoms with Crippen LogP contribution >= 0.6 is 0 Å². The number of carbonyl (C=O) groups excluding carboxylic acids is 1. The molecule has 1 heterocycles. The van der Waals surface area contributed by atoms with E-state index in [1.807, 2.05) is 23.1 Å². The van der Waals surface area contributed by atoms with Crippen molar-refractivity contribution in [1.82, 2.24) is 9.80 Å². The Morgan fingerprint density at radius 1 is 1.17 bits per heavy atom. The summed E-state index contributed by atoms with van der Waals surface area (Å²) in [6.45, 7) is 9.91. The monoisotopic (exact) mass is 330 g/mol. The topological polar surface area (TPSA) is 32.8 Å². The third kappa shape index (κ3) is 4.60. The van der Waals surface area contributed by atoms with Crippen LogP contribution in [0, 0.1) is 11.5 Å². The van der Waals surface area contributed by atoms with Gasteiger partial charge in [0.2, 0.25) is 0 Å². The largest absolute Gasteiger partial charge is 0.495 e. The van der Waals surface area contributed by atoms with E-state index in [1.54, 1.807) is 7.11 Å². The van der Waals surface area contributed by atoms with Crippen molar-refractivity contribution in [1.29, 1.82) is 0 Å². The fourth-order valence-electron chi connectivity index (χ4n) is 2.44. The highest BCUT2D eigenvalue weighted by Crippen LogP contribution is 2.23. The lowest BCUT2D eigenvalue weighted by Crippen LogP contribution is -2.47. The summed E-state index contributed by atoms with van der Waals surface area (Å²) in [6, 6.07) is 5.59. The number of hydrogen-bond donors (Lipinski definition) is 0. The zero-order chi connectivity index (χ0) is 17.0. The van der Waals surface area contributed by atoms with Crippen molar-refractivity contribution in [2.45, 2.75) is 19.6 Å². The van der Waals surface area contributed by atoms with Crippen LogP contribution in [-0.4, -0.2) is 64.1 Å². The molecule has 124 valence electrons. The molecular formula is C18H26N2O2Si. The van der Waals surface area contributed by atoms with Gasteiger partial charge in [-0.2, -0.15) is 0 Å². The van der Waals surface area contributed by atoms with Crippen LogP contribution in [0.5, 0.6) is 5.75 Å². The first-order valence-electron chi connectivity index (χ1n) is 8.00. The number of benzene rings is 1. The van der Waals surface area contributed by atoms with Crippen molar-refractivity contribution in [2.75, 3.05) is 40.3 Å². The smallest absolute Gasteiger partial charge is 0.255 e. The first kappa shape index (κ1) is 17.6. The van der Waals surface area contributed by atoms with E-state index in [1.165, 1.54) is 0 Å². The van der Waals surface area contributed by atoms with Crippen molar-refractivity contribution in [3.8, 4) is 17.2 Å². The Morgan fingerprint density at radius 3 is 2.39 bits per heavy atom. The minimum absolute atomic E-state index is 0.0527. The Morgan fingerprint density at radius 2 is 1.83 bits per heavy atom. The van der Waals surface area contributed by atoms with Crippen LogP contribution in [0.1, 0.15) is 15.9 Å². The van der Waals surface area contributed by atoms with Gasteiger partial charge in [-0.3, -0.25) is 4.79 Å². The molecule has 0 saturated carbocycles. The fourth-order valence-corrected chi connectivity index (χ4v) is 2.94. The van der Waals surface area contributed by atoms with Gasteiger partial charge in [0.1, 0.15) is 13.8 Å². The summed E-state index contributed by atoms with van der Waals surface area (Å²) >= 11 is 0. The molecule has 2 rings (SSSR count). The van der Waals surface area contributed by atoms with E-state index in [4.69, 9.17) is 4.74 Å². The van der Waals surface area contributed by atoms with E-state index in [9.17, 15) is 4.79 Å². The molecule has 0 N–H and O–H groups in total. The Kier molecular flexibility index (Phi) is 5.50. The second kappa shape index (κ2) is 7.20. The van der Waals surface area contributed by atoms with Crippen LogP contribution in [0.4, 0.5) is 0 Å². The maximum atomic E-state index is 12.9. The molecule has 0 aliphatic carbocycles. The predicted molar refractivity (Wildman–Crippen MR) is 96.6 cm³/mol. The number of carbonyl (C=O) groups is 1. The fraction of sp³-hybridized carbons (Fsp3) is 0.500. The lowest BCUT2D eigenvalue weighted by Gasteiger charge is -2.32. The van der Waals surface area contributed by atoms with Gasteiger partial charge in [0, 0.05) is 26.2 Å². The maximum Gasteiger partial charge on any atom is 0.255 e. The van der Waals surface area contributed by atoms with Crippen LogP contribution in [0.15, 0.2) is 18.2 Å². The van der Waals surface area contributed by atoms with E-state index in [2.05, 4.69) is 43.1 Å². The van der Waals surface area contributed by atoms with E-state index >= 15 is 0 Å². The molecular weight excluding hydrogens is 304 g/mol. The zero-order valence-electron chi connectivity index (χ0n) is 14.8. The van der Waals surface area contributed by atoms with Gasteiger partial charge in [-0.1, -0.05) is 31.6 Å². The number of likely N-dealkylation sites (N-methyl/N-ethyl adjacent to an activating group) is 1. The highest BCUT2D eigenvalue weighted by atomic mass is 28.3. The van der Waals surface area contributed by atoms with Crippen LogP contribution in [-0.2, 0) is 0 Å². The van der Waals surface area contributed by atoms with Crippen LogP contribution in [0.3, 0.4) is 0 Å². The van der Waals surface area contributed by atoms with Gasteiger partial charge in [0.05, 0.1) is 18.2 Å². The average molecular weight is 331 g/mol. The van der Waals surface area contributed by atoms with Gasteiger partial charge in [-0.25, -0.2) is 0 Å². The highest BCUT2D eigenvalue weighted by molar-refractivity contribution is 6.83. The van der Waals surface area contributed by atoms with Gasteiger partial charge in [0.25, 0.3) is 5.91 Å². The molecule has 0 atom stereocenters. The van der Waals surface area contributed by atoms with E-state index < -0.39 is 8.07 Å². The lowest BCUT2D eigenvalue weighted by atomic mass is 10.1. The SMILES string of the molecule is COc1cccc(C(=O)N2CCN(C)CC2)c1C#C[Si](C)(C)C. The number of methoxy groups -OCH3 is 1. The molecule has 0 bridgehead atoms. The number of nitrogens with zero attached hydrogens (tertiary/aromatic N) is 2. The molecule has 1 aliphatic rings. The van der Waals surface area contributed by atoms with Crippen molar-refractivity contribution in [3.05, 3.63) is 29.3 Å². The molecule has 0 aromatic heterocycles. The quantitative estimate of drug-likeness (QED) is 0.616. The molecule has 1 aromatic rings. The number of piperazine rings is 1. The molecule has 1 aliphatic heterocycles. The summed E-state index contributed by atoms with van der Waals surface area (Å²) in [7, 11) is 2.18. The maximum absolute atomic E-state index is 12.9. The summed E-state index contributed by atoms with van der Waals surface area (Å²) in [5.74, 6) is 3.96. The number of ether oxygens (including phenoxy) is 1. The second-order valence-electron chi connectivity index (χ2n) is 6.98. The lowest BCUT2D eigenvalue weighted by molar-refractivity contribution is 0.0663. The Balaban J connectivity index is 2.37. The Bertz CT molecular complexity index is 633. The molecule has 0 spiro atoms. The normalized spacial score (nSPS) is 15.8. The van der Waals surface area contributed by atoms with Crippen LogP contribution in [0.2, 0.25) is 19.6 Å². The third-order valence-corrected chi connectivity index (χ3v) is 4.70. The van der Waals surface area contributed by atoms with Gasteiger partial charge in [-0.05, 0) is 19.2 Å². The van der Waals surface area contributed by atoms with Crippen LogP contribution in [0.25, 0.3) is 0 Å². The molecule has 1 saturated heterocycles. The van der Waals surface area contributed by atoms with Crippen LogP contribution < -0.4 is 4.74 Å². The number of hydrogen-bond acceptors (Lipinski definition) is 3. The Labute approximate surface area is 140 Å².